The third-order valence-corrected chi connectivity index (χ3v) is 1.14. The molecule has 0 saturated heterocycles. The lowest BCUT2D eigenvalue weighted by Gasteiger charge is -1.98. The molecule has 0 aromatic carbocycles. The normalized spacial score (nSPS) is 10.3. The molecule has 0 spiro atoms. The van der Waals surface area contributed by atoms with Gasteiger partial charge in [0.05, 0.1) is 0 Å². The molecule has 0 radical (unpaired) electrons. The van der Waals surface area contributed by atoms with Crippen molar-refractivity contribution >= 4 is 0 Å². The zero-order chi connectivity index (χ0) is 5.70. The second-order valence-corrected chi connectivity index (χ2v) is 2.54. The fraction of sp³-hybridized carbons (Fsp3) is 1.00. The van der Waals surface area contributed by atoms with Crippen LogP contribution < -0.4 is 0 Å². The van der Waals surface area contributed by atoms with Gasteiger partial charge in [-0.15, -0.1) is 0 Å². The van der Waals surface area contributed by atoms with Gasteiger partial charge in [0, 0.05) is 1.43 Å². The molecule has 0 rings (SSSR count). The van der Waals surface area contributed by atoms with Gasteiger partial charge in [-0.2, -0.15) is 0 Å². The van der Waals surface area contributed by atoms with Crippen LogP contribution in [-0.4, -0.2) is 0 Å². The van der Waals surface area contributed by atoms with Crippen LogP contribution in [0.15, 0.2) is 0 Å². The minimum absolute atomic E-state index is 0. The van der Waals surface area contributed by atoms with Crippen LogP contribution in [0.2, 0.25) is 0 Å². The van der Waals surface area contributed by atoms with E-state index in [2.05, 4.69) is 20.8 Å². The van der Waals surface area contributed by atoms with Crippen LogP contribution >= 0.6 is 0 Å². The summed E-state index contributed by atoms with van der Waals surface area (Å²) in [7, 11) is 0. The van der Waals surface area contributed by atoms with E-state index in [-0.39, 0.29) is 1.43 Å². The molecule has 0 aliphatic rings. The Balaban J connectivity index is 0. The molecule has 0 heteroatoms. The lowest BCUT2D eigenvalue weighted by Crippen LogP contribution is -1.83. The molecule has 0 heterocycles. The first kappa shape index (κ1) is 7.00. The van der Waals surface area contributed by atoms with Crippen molar-refractivity contribution in [3.05, 3.63) is 0 Å². The van der Waals surface area contributed by atoms with E-state index < -0.39 is 0 Å². The van der Waals surface area contributed by atoms with E-state index in [4.69, 9.17) is 0 Å². The highest BCUT2D eigenvalue weighted by molar-refractivity contribution is 4.42. The summed E-state index contributed by atoms with van der Waals surface area (Å²) in [5.74, 6) is 0.903. The maximum Gasteiger partial charge on any atom is 0 e. The molecule has 0 bridgehead atoms. The number of hydrogen-bond donors (Lipinski definition) is 0. The van der Waals surface area contributed by atoms with Gasteiger partial charge in [0.15, 0.2) is 0 Å². The van der Waals surface area contributed by atoms with E-state index in [9.17, 15) is 0 Å². The van der Waals surface area contributed by atoms with E-state index in [0.717, 1.165) is 5.92 Å². The second kappa shape index (κ2) is 4.17. The van der Waals surface area contributed by atoms with Gasteiger partial charge in [0.1, 0.15) is 0 Å². The average Bonchev–Trinajstić information content (AvgIpc) is 1.61. The summed E-state index contributed by atoms with van der Waals surface area (Å²) in [5.41, 5.74) is 0. The second-order valence-electron chi connectivity index (χ2n) is 2.54. The van der Waals surface area contributed by atoms with Gasteiger partial charge in [0.25, 0.3) is 0 Å². The molecule has 0 aromatic rings. The van der Waals surface area contributed by atoms with Crippen molar-refractivity contribution in [2.24, 2.45) is 5.92 Å². The molecule has 0 atom stereocenters. The Bertz CT molecular complexity index is 33.4. The third-order valence-electron chi connectivity index (χ3n) is 1.14. The van der Waals surface area contributed by atoms with Gasteiger partial charge in [-0.25, -0.2) is 0 Å². The minimum Gasteiger partial charge on any atom is -0.0654 e. The van der Waals surface area contributed by atoms with E-state index in [0.29, 0.717) is 0 Å². The Hall–Kier alpha value is 0. The van der Waals surface area contributed by atoms with Gasteiger partial charge in [0.2, 0.25) is 0 Å². The summed E-state index contributed by atoms with van der Waals surface area (Å²) < 4.78 is 0. The van der Waals surface area contributed by atoms with Gasteiger partial charge >= 0.3 is 0 Å². The van der Waals surface area contributed by atoms with Crippen LogP contribution in [0.4, 0.5) is 0 Å². The highest BCUT2D eigenvalue weighted by Gasteiger charge is 1.88. The van der Waals surface area contributed by atoms with Crippen molar-refractivity contribution < 1.29 is 1.43 Å². The Morgan fingerprint density at radius 3 is 2.14 bits per heavy atom. The molecule has 0 aliphatic heterocycles. The fourth-order valence-electron chi connectivity index (χ4n) is 0.612. The summed E-state index contributed by atoms with van der Waals surface area (Å²) in [6.45, 7) is 6.79. The topological polar surface area (TPSA) is 0 Å². The van der Waals surface area contributed by atoms with Gasteiger partial charge in [-0.1, -0.05) is 40.0 Å². The van der Waals surface area contributed by atoms with Crippen LogP contribution in [-0.2, 0) is 0 Å². The van der Waals surface area contributed by atoms with Crippen LogP contribution in [0.3, 0.4) is 0 Å². The van der Waals surface area contributed by atoms with Crippen LogP contribution in [0.1, 0.15) is 41.5 Å². The summed E-state index contributed by atoms with van der Waals surface area (Å²) >= 11 is 0. The summed E-state index contributed by atoms with van der Waals surface area (Å²) in [6, 6.07) is 0. The first-order chi connectivity index (χ1) is 3.27. The van der Waals surface area contributed by atoms with Crippen molar-refractivity contribution in [1.29, 1.82) is 0 Å². The number of rotatable bonds is 3. The quantitative estimate of drug-likeness (QED) is 0.513. The third kappa shape index (κ3) is 6.00. The molecule has 0 N–H and O–H groups in total. The van der Waals surface area contributed by atoms with Crippen LogP contribution in [0.25, 0.3) is 0 Å². The van der Waals surface area contributed by atoms with Crippen molar-refractivity contribution in [1.82, 2.24) is 0 Å². The Morgan fingerprint density at radius 1 is 1.43 bits per heavy atom. The lowest BCUT2D eigenvalue weighted by molar-refractivity contribution is 0.550. The Kier molecular flexibility index (Phi) is 4.17. The zero-order valence-corrected chi connectivity index (χ0v) is 5.70. The van der Waals surface area contributed by atoms with E-state index in [1.54, 1.807) is 0 Å². The van der Waals surface area contributed by atoms with E-state index in [1.165, 1.54) is 19.3 Å². The SMILES string of the molecule is CCCCC(C)C.[HH]. The zero-order valence-electron chi connectivity index (χ0n) is 5.70. The average molecular weight is 102 g/mol. The van der Waals surface area contributed by atoms with Crippen LogP contribution in [0.5, 0.6) is 0 Å². The van der Waals surface area contributed by atoms with Gasteiger partial charge in [-0.3, -0.25) is 0 Å². The molecule has 0 fully saturated rings. The standard InChI is InChI=1S/C7H16.H2/c1-4-5-6-7(2)3;/h7H,4-6H2,1-3H3;1H. The highest BCUT2D eigenvalue weighted by atomic mass is 13.9. The van der Waals surface area contributed by atoms with Crippen molar-refractivity contribution in [2.75, 3.05) is 0 Å². The smallest absolute Gasteiger partial charge is 0 e. The lowest BCUT2D eigenvalue weighted by atomic mass is 10.1. The molecule has 46 valence electrons. The predicted octanol–water partition coefficient (Wildman–Crippen LogP) is 3.08. The molecular weight excluding hydrogens is 84.1 g/mol. The molecule has 7 heavy (non-hydrogen) atoms. The largest absolute Gasteiger partial charge is 0.0654 e. The Morgan fingerprint density at radius 2 is 2.00 bits per heavy atom. The van der Waals surface area contributed by atoms with Crippen LogP contribution in [0, 0.1) is 5.92 Å². The summed E-state index contributed by atoms with van der Waals surface area (Å²) in [5, 5.41) is 0. The molecule has 0 saturated carbocycles. The first-order valence-electron chi connectivity index (χ1n) is 3.27. The maximum atomic E-state index is 2.27. The monoisotopic (exact) mass is 102 g/mol. The van der Waals surface area contributed by atoms with E-state index in [1.807, 2.05) is 0 Å². The number of hydrogen-bond acceptors (Lipinski definition) is 0. The first-order valence-corrected chi connectivity index (χ1v) is 3.27. The van der Waals surface area contributed by atoms with Crippen molar-refractivity contribution in [3.8, 4) is 0 Å². The molecule has 0 aliphatic carbocycles. The molecule has 0 nitrogen and oxygen atoms in total. The molecular formula is C7H18. The molecule has 0 unspecified atom stereocenters. The van der Waals surface area contributed by atoms with Gasteiger partial charge < -0.3 is 0 Å². The van der Waals surface area contributed by atoms with Crippen molar-refractivity contribution in [3.63, 3.8) is 0 Å². The molecule has 0 aromatic heterocycles. The van der Waals surface area contributed by atoms with E-state index >= 15 is 0 Å². The number of unbranched alkanes of at least 4 members (excludes halogenated alkanes) is 1. The highest BCUT2D eigenvalue weighted by Crippen LogP contribution is 2.04. The predicted molar refractivity (Wildman–Crippen MR) is 36.5 cm³/mol. The Labute approximate surface area is 48.4 Å². The fourth-order valence-corrected chi connectivity index (χ4v) is 0.612. The minimum atomic E-state index is 0. The maximum absolute atomic E-state index is 2.27. The van der Waals surface area contributed by atoms with Crippen molar-refractivity contribution in [2.45, 2.75) is 40.0 Å². The summed E-state index contributed by atoms with van der Waals surface area (Å²) in [6.07, 6.45) is 4.15. The summed E-state index contributed by atoms with van der Waals surface area (Å²) in [4.78, 5) is 0. The molecule has 0 amide bonds. The van der Waals surface area contributed by atoms with Gasteiger partial charge in [-0.05, 0) is 5.92 Å².